The van der Waals surface area contributed by atoms with E-state index in [1.54, 1.807) is 6.92 Å². The number of likely N-dealkylation sites (tertiary alicyclic amines) is 1. The molecule has 1 saturated heterocycles. The van der Waals surface area contributed by atoms with Gasteiger partial charge in [-0.1, -0.05) is 6.92 Å². The first-order valence-electron chi connectivity index (χ1n) is 4.72. The third kappa shape index (κ3) is 2.42. The monoisotopic (exact) mass is 186 g/mol. The standard InChI is InChI=1S/C9H18N2O2/c1-3-7(8(10)12)11-5-4-9(2,13)6-11/h7,13H,3-6H2,1-2H3,(H2,10,12). The maximum Gasteiger partial charge on any atom is 0.234 e. The van der Waals surface area contributed by atoms with Gasteiger partial charge in [-0.25, -0.2) is 0 Å². The van der Waals surface area contributed by atoms with Crippen LogP contribution in [0.4, 0.5) is 0 Å². The zero-order valence-electron chi connectivity index (χ0n) is 8.29. The van der Waals surface area contributed by atoms with Crippen molar-refractivity contribution in [1.82, 2.24) is 4.90 Å². The van der Waals surface area contributed by atoms with Crippen LogP contribution in [0.2, 0.25) is 0 Å². The highest BCUT2D eigenvalue weighted by Gasteiger charge is 2.36. The van der Waals surface area contributed by atoms with E-state index >= 15 is 0 Å². The molecule has 3 N–H and O–H groups in total. The molecule has 1 aliphatic heterocycles. The number of primary amides is 1. The van der Waals surface area contributed by atoms with Crippen molar-refractivity contribution in [1.29, 1.82) is 0 Å². The van der Waals surface area contributed by atoms with Crippen LogP contribution >= 0.6 is 0 Å². The Morgan fingerprint density at radius 2 is 2.38 bits per heavy atom. The third-order valence-electron chi connectivity index (χ3n) is 2.64. The van der Waals surface area contributed by atoms with Crippen molar-refractivity contribution in [2.24, 2.45) is 5.73 Å². The van der Waals surface area contributed by atoms with Crippen LogP contribution in [0.15, 0.2) is 0 Å². The zero-order chi connectivity index (χ0) is 10.1. The minimum Gasteiger partial charge on any atom is -0.389 e. The van der Waals surface area contributed by atoms with Gasteiger partial charge in [0.1, 0.15) is 0 Å². The van der Waals surface area contributed by atoms with E-state index in [0.29, 0.717) is 13.0 Å². The molecule has 0 spiro atoms. The van der Waals surface area contributed by atoms with Gasteiger partial charge in [-0.15, -0.1) is 0 Å². The molecule has 1 heterocycles. The number of carbonyl (C=O) groups is 1. The topological polar surface area (TPSA) is 66.6 Å². The van der Waals surface area contributed by atoms with Crippen molar-refractivity contribution in [3.8, 4) is 0 Å². The van der Waals surface area contributed by atoms with Crippen molar-refractivity contribution in [3.05, 3.63) is 0 Å². The molecule has 0 aromatic rings. The molecule has 0 bridgehead atoms. The largest absolute Gasteiger partial charge is 0.389 e. The number of nitrogens with two attached hydrogens (primary N) is 1. The summed E-state index contributed by atoms with van der Waals surface area (Å²) in [5.41, 5.74) is 4.60. The molecule has 13 heavy (non-hydrogen) atoms. The Labute approximate surface area is 78.7 Å². The quantitative estimate of drug-likeness (QED) is 0.636. The Morgan fingerprint density at radius 3 is 2.69 bits per heavy atom. The minimum absolute atomic E-state index is 0.214. The first kappa shape index (κ1) is 10.5. The first-order valence-corrected chi connectivity index (χ1v) is 4.72. The van der Waals surface area contributed by atoms with Gasteiger partial charge in [-0.05, 0) is 19.8 Å². The normalized spacial score (nSPS) is 31.9. The van der Waals surface area contributed by atoms with E-state index in [2.05, 4.69) is 0 Å². The molecule has 1 fully saturated rings. The number of hydrogen-bond acceptors (Lipinski definition) is 3. The second-order valence-electron chi connectivity index (χ2n) is 4.04. The summed E-state index contributed by atoms with van der Waals surface area (Å²) in [6.45, 7) is 5.03. The number of hydrogen-bond donors (Lipinski definition) is 2. The summed E-state index contributed by atoms with van der Waals surface area (Å²) < 4.78 is 0. The average molecular weight is 186 g/mol. The lowest BCUT2D eigenvalue weighted by atomic mass is 10.1. The summed E-state index contributed by atoms with van der Waals surface area (Å²) in [6.07, 6.45) is 1.43. The van der Waals surface area contributed by atoms with Crippen molar-refractivity contribution >= 4 is 5.91 Å². The van der Waals surface area contributed by atoms with Gasteiger partial charge in [0.25, 0.3) is 0 Å². The zero-order valence-corrected chi connectivity index (χ0v) is 8.29. The van der Waals surface area contributed by atoms with Crippen LogP contribution < -0.4 is 5.73 Å². The highest BCUT2D eigenvalue weighted by molar-refractivity contribution is 5.79. The summed E-state index contributed by atoms with van der Waals surface area (Å²) >= 11 is 0. The molecule has 0 aliphatic carbocycles. The number of aliphatic hydroxyl groups is 1. The molecule has 76 valence electrons. The Hall–Kier alpha value is -0.610. The molecule has 0 aromatic heterocycles. The number of rotatable bonds is 3. The van der Waals surface area contributed by atoms with Crippen LogP contribution in [0.1, 0.15) is 26.7 Å². The molecule has 0 radical (unpaired) electrons. The number of β-amino-alcohol motifs (C(OH)–C–C–N with tert-alkyl or cyclic N) is 1. The second kappa shape index (κ2) is 3.64. The lowest BCUT2D eigenvalue weighted by Crippen LogP contribution is -2.44. The van der Waals surface area contributed by atoms with Crippen molar-refractivity contribution in [3.63, 3.8) is 0 Å². The molecule has 4 nitrogen and oxygen atoms in total. The van der Waals surface area contributed by atoms with Gasteiger partial charge in [-0.2, -0.15) is 0 Å². The molecule has 1 rings (SSSR count). The summed E-state index contributed by atoms with van der Waals surface area (Å²) in [4.78, 5) is 13.0. The molecular formula is C9H18N2O2. The Balaban J connectivity index is 2.58. The maximum absolute atomic E-state index is 11.0. The fourth-order valence-electron chi connectivity index (χ4n) is 1.89. The van der Waals surface area contributed by atoms with Gasteiger partial charge >= 0.3 is 0 Å². The Bertz CT molecular complexity index is 204. The van der Waals surface area contributed by atoms with Gasteiger partial charge in [0.15, 0.2) is 0 Å². The van der Waals surface area contributed by atoms with Crippen LogP contribution in [0, 0.1) is 0 Å². The molecule has 2 atom stereocenters. The van der Waals surface area contributed by atoms with Crippen LogP contribution in [0.25, 0.3) is 0 Å². The van der Waals surface area contributed by atoms with E-state index in [4.69, 9.17) is 5.73 Å². The van der Waals surface area contributed by atoms with E-state index < -0.39 is 5.60 Å². The van der Waals surface area contributed by atoms with Crippen molar-refractivity contribution < 1.29 is 9.90 Å². The van der Waals surface area contributed by atoms with Gasteiger partial charge in [0.05, 0.1) is 11.6 Å². The minimum atomic E-state index is -0.650. The van der Waals surface area contributed by atoms with E-state index in [1.807, 2.05) is 11.8 Å². The lowest BCUT2D eigenvalue weighted by Gasteiger charge is -2.24. The highest BCUT2D eigenvalue weighted by atomic mass is 16.3. The highest BCUT2D eigenvalue weighted by Crippen LogP contribution is 2.22. The van der Waals surface area contributed by atoms with Crippen LogP contribution in [-0.2, 0) is 4.79 Å². The van der Waals surface area contributed by atoms with E-state index in [0.717, 1.165) is 13.0 Å². The number of carbonyl (C=O) groups excluding carboxylic acids is 1. The van der Waals surface area contributed by atoms with Gasteiger partial charge in [0, 0.05) is 13.1 Å². The molecule has 0 aromatic carbocycles. The van der Waals surface area contributed by atoms with Crippen molar-refractivity contribution in [2.45, 2.75) is 38.3 Å². The third-order valence-corrected chi connectivity index (χ3v) is 2.64. The smallest absolute Gasteiger partial charge is 0.234 e. The maximum atomic E-state index is 11.0. The fourth-order valence-corrected chi connectivity index (χ4v) is 1.89. The molecule has 2 unspecified atom stereocenters. The van der Waals surface area contributed by atoms with E-state index in [9.17, 15) is 9.90 Å². The van der Waals surface area contributed by atoms with Crippen molar-refractivity contribution in [2.75, 3.05) is 13.1 Å². The first-order chi connectivity index (χ1) is 5.96. The summed E-state index contributed by atoms with van der Waals surface area (Å²) in [7, 11) is 0. The predicted octanol–water partition coefficient (Wildman–Crippen LogP) is -0.293. The van der Waals surface area contributed by atoms with Gasteiger partial charge < -0.3 is 10.8 Å². The fraction of sp³-hybridized carbons (Fsp3) is 0.889. The van der Waals surface area contributed by atoms with E-state index in [1.165, 1.54) is 0 Å². The Kier molecular flexibility index (Phi) is 2.93. The lowest BCUT2D eigenvalue weighted by molar-refractivity contribution is -0.123. The number of amides is 1. The number of nitrogens with zero attached hydrogens (tertiary/aromatic N) is 1. The summed E-state index contributed by atoms with van der Waals surface area (Å²) in [6, 6.07) is -0.214. The Morgan fingerprint density at radius 1 is 1.77 bits per heavy atom. The van der Waals surface area contributed by atoms with Gasteiger partial charge in [-0.3, -0.25) is 9.69 Å². The molecular weight excluding hydrogens is 168 g/mol. The molecule has 4 heteroatoms. The average Bonchev–Trinajstić information content (AvgIpc) is 2.31. The summed E-state index contributed by atoms with van der Waals surface area (Å²) in [5.74, 6) is -0.291. The van der Waals surface area contributed by atoms with E-state index in [-0.39, 0.29) is 11.9 Å². The molecule has 0 saturated carbocycles. The predicted molar refractivity (Wildman–Crippen MR) is 50.1 cm³/mol. The van der Waals surface area contributed by atoms with Crippen LogP contribution in [0.3, 0.4) is 0 Å². The summed E-state index contributed by atoms with van der Waals surface area (Å²) in [5, 5.41) is 9.70. The van der Waals surface area contributed by atoms with Crippen LogP contribution in [-0.4, -0.2) is 40.6 Å². The second-order valence-corrected chi connectivity index (χ2v) is 4.04. The van der Waals surface area contributed by atoms with Crippen LogP contribution in [0.5, 0.6) is 0 Å². The molecule has 1 amide bonds. The molecule has 1 aliphatic rings. The van der Waals surface area contributed by atoms with Gasteiger partial charge in [0.2, 0.25) is 5.91 Å². The SMILES string of the molecule is CCC(C(N)=O)N1CCC(C)(O)C1.